The molecule has 2 aromatic rings. The topological polar surface area (TPSA) is 118 Å². The fourth-order valence-electron chi connectivity index (χ4n) is 1.63. The molecule has 2 rings (SSSR count). The number of hydrogen-bond donors (Lipinski definition) is 2. The SMILES string of the molecule is O=C(O)c1cc(NCc2ccncn2)c(F)cc1[N+](=O)[O-]. The Bertz CT molecular complexity index is 693. The van der Waals surface area contributed by atoms with Gasteiger partial charge in [-0.15, -0.1) is 0 Å². The third-order valence-corrected chi connectivity index (χ3v) is 2.62. The van der Waals surface area contributed by atoms with E-state index in [4.69, 9.17) is 5.11 Å². The van der Waals surface area contributed by atoms with Crippen LogP contribution >= 0.6 is 0 Å². The number of hydrogen-bond acceptors (Lipinski definition) is 6. The number of aromatic nitrogens is 2. The van der Waals surface area contributed by atoms with E-state index in [9.17, 15) is 19.3 Å². The normalized spacial score (nSPS) is 10.1. The van der Waals surface area contributed by atoms with E-state index >= 15 is 0 Å². The second-order valence-electron chi connectivity index (χ2n) is 3.97. The number of carbonyl (C=O) groups is 1. The van der Waals surface area contributed by atoms with Crippen molar-refractivity contribution < 1.29 is 19.2 Å². The second-order valence-corrected chi connectivity index (χ2v) is 3.97. The molecule has 0 unspecified atom stereocenters. The lowest BCUT2D eigenvalue weighted by Crippen LogP contribution is -2.08. The molecule has 0 aliphatic carbocycles. The molecule has 0 aliphatic rings. The molecule has 21 heavy (non-hydrogen) atoms. The van der Waals surface area contributed by atoms with E-state index in [1.807, 2.05) is 0 Å². The molecular weight excluding hydrogens is 283 g/mol. The van der Waals surface area contributed by atoms with Crippen molar-refractivity contribution in [3.05, 3.63) is 57.9 Å². The van der Waals surface area contributed by atoms with Gasteiger partial charge in [0.15, 0.2) is 5.82 Å². The fourth-order valence-corrected chi connectivity index (χ4v) is 1.63. The summed E-state index contributed by atoms with van der Waals surface area (Å²) in [6, 6.07) is 3.05. The number of nitrogens with one attached hydrogen (secondary N) is 1. The summed E-state index contributed by atoms with van der Waals surface area (Å²) in [7, 11) is 0. The summed E-state index contributed by atoms with van der Waals surface area (Å²) in [4.78, 5) is 28.4. The molecule has 0 saturated heterocycles. The number of rotatable bonds is 5. The van der Waals surface area contributed by atoms with E-state index in [-0.39, 0.29) is 12.2 Å². The second kappa shape index (κ2) is 5.90. The number of anilines is 1. The molecule has 0 bridgehead atoms. The first-order valence-corrected chi connectivity index (χ1v) is 5.69. The Morgan fingerprint density at radius 3 is 2.81 bits per heavy atom. The maximum absolute atomic E-state index is 13.8. The maximum atomic E-state index is 13.8. The molecule has 0 radical (unpaired) electrons. The zero-order chi connectivity index (χ0) is 15.4. The van der Waals surface area contributed by atoms with Gasteiger partial charge in [-0.2, -0.15) is 0 Å². The minimum atomic E-state index is -1.51. The largest absolute Gasteiger partial charge is 0.477 e. The standard InChI is InChI=1S/C12H9FN4O4/c13-9-4-11(17(20)21)8(12(18)19)3-10(9)15-5-7-1-2-14-6-16-7/h1-4,6,15H,5H2,(H,18,19). The molecule has 1 heterocycles. The summed E-state index contributed by atoms with van der Waals surface area (Å²) < 4.78 is 13.8. The Labute approximate surface area is 117 Å². The van der Waals surface area contributed by atoms with Gasteiger partial charge in [0.05, 0.1) is 28.9 Å². The van der Waals surface area contributed by atoms with Gasteiger partial charge in [-0.25, -0.2) is 19.2 Å². The highest BCUT2D eigenvalue weighted by Gasteiger charge is 2.23. The molecule has 0 atom stereocenters. The third-order valence-electron chi connectivity index (χ3n) is 2.62. The molecule has 1 aromatic carbocycles. The van der Waals surface area contributed by atoms with Gasteiger partial charge in [0, 0.05) is 6.20 Å². The molecule has 2 N–H and O–H groups in total. The van der Waals surface area contributed by atoms with Crippen LogP contribution in [0.3, 0.4) is 0 Å². The van der Waals surface area contributed by atoms with E-state index < -0.39 is 28.0 Å². The summed E-state index contributed by atoms with van der Waals surface area (Å²) in [5.74, 6) is -2.42. The van der Waals surface area contributed by atoms with Crippen molar-refractivity contribution in [2.24, 2.45) is 0 Å². The maximum Gasteiger partial charge on any atom is 0.342 e. The van der Waals surface area contributed by atoms with Crippen LogP contribution in [-0.4, -0.2) is 26.0 Å². The summed E-state index contributed by atoms with van der Waals surface area (Å²) in [5.41, 5.74) is -0.990. The molecule has 0 fully saturated rings. The summed E-state index contributed by atoms with van der Waals surface area (Å²) in [6.45, 7) is 0.121. The van der Waals surface area contributed by atoms with Gasteiger partial charge < -0.3 is 10.4 Å². The Morgan fingerprint density at radius 1 is 1.48 bits per heavy atom. The van der Waals surface area contributed by atoms with Gasteiger partial charge in [0.25, 0.3) is 5.69 Å². The number of carboxylic acid groups (broad SMARTS) is 1. The van der Waals surface area contributed by atoms with Crippen LogP contribution in [0.1, 0.15) is 16.1 Å². The van der Waals surface area contributed by atoms with Crippen LogP contribution in [0.5, 0.6) is 0 Å². The Hall–Kier alpha value is -3.10. The summed E-state index contributed by atoms with van der Waals surface area (Å²) in [6.07, 6.45) is 2.81. The monoisotopic (exact) mass is 292 g/mol. The average molecular weight is 292 g/mol. The van der Waals surface area contributed by atoms with Crippen molar-refractivity contribution >= 4 is 17.3 Å². The van der Waals surface area contributed by atoms with E-state index in [0.717, 1.165) is 6.07 Å². The van der Waals surface area contributed by atoms with Gasteiger partial charge in [0.1, 0.15) is 11.9 Å². The molecule has 0 amide bonds. The molecule has 0 aliphatic heterocycles. The first-order valence-electron chi connectivity index (χ1n) is 5.69. The van der Waals surface area contributed by atoms with Gasteiger partial charge in [-0.05, 0) is 12.1 Å². The lowest BCUT2D eigenvalue weighted by atomic mass is 10.1. The van der Waals surface area contributed by atoms with Crippen molar-refractivity contribution in [1.29, 1.82) is 0 Å². The van der Waals surface area contributed by atoms with Crippen LogP contribution in [0.2, 0.25) is 0 Å². The third kappa shape index (κ3) is 3.26. The molecule has 9 heteroatoms. The number of nitro benzene ring substituents is 1. The molecule has 108 valence electrons. The van der Waals surface area contributed by atoms with Gasteiger partial charge in [-0.1, -0.05) is 0 Å². The van der Waals surface area contributed by atoms with Crippen LogP contribution in [0.4, 0.5) is 15.8 Å². The number of aromatic carboxylic acids is 1. The van der Waals surface area contributed by atoms with Gasteiger partial charge >= 0.3 is 5.97 Å². The van der Waals surface area contributed by atoms with Crippen LogP contribution in [-0.2, 0) is 6.54 Å². The molecule has 8 nitrogen and oxygen atoms in total. The Morgan fingerprint density at radius 2 is 2.24 bits per heavy atom. The lowest BCUT2D eigenvalue weighted by molar-refractivity contribution is -0.385. The molecule has 1 aromatic heterocycles. The van der Waals surface area contributed by atoms with Crippen molar-refractivity contribution in [2.75, 3.05) is 5.32 Å². The predicted molar refractivity (Wildman–Crippen MR) is 69.4 cm³/mol. The van der Waals surface area contributed by atoms with Gasteiger partial charge in [0.2, 0.25) is 0 Å². The van der Waals surface area contributed by atoms with Crippen LogP contribution in [0.25, 0.3) is 0 Å². The van der Waals surface area contributed by atoms with Crippen molar-refractivity contribution in [3.63, 3.8) is 0 Å². The average Bonchev–Trinajstić information content (AvgIpc) is 2.46. The lowest BCUT2D eigenvalue weighted by Gasteiger charge is -2.08. The molecular formula is C12H9FN4O4. The minimum absolute atomic E-state index is 0.121. The highest BCUT2D eigenvalue weighted by molar-refractivity contribution is 5.93. The minimum Gasteiger partial charge on any atom is -0.477 e. The Balaban J connectivity index is 2.30. The first-order chi connectivity index (χ1) is 9.99. The first kappa shape index (κ1) is 14.3. The Kier molecular flexibility index (Phi) is 4.02. The van der Waals surface area contributed by atoms with Crippen molar-refractivity contribution in [3.8, 4) is 0 Å². The van der Waals surface area contributed by atoms with Crippen LogP contribution in [0, 0.1) is 15.9 Å². The smallest absolute Gasteiger partial charge is 0.342 e. The number of halogens is 1. The zero-order valence-corrected chi connectivity index (χ0v) is 10.5. The van der Waals surface area contributed by atoms with E-state index in [1.54, 1.807) is 6.07 Å². The molecule has 0 spiro atoms. The van der Waals surface area contributed by atoms with E-state index in [2.05, 4.69) is 15.3 Å². The highest BCUT2D eigenvalue weighted by atomic mass is 19.1. The predicted octanol–water partition coefficient (Wildman–Crippen LogP) is 1.83. The van der Waals surface area contributed by atoms with E-state index in [1.165, 1.54) is 12.5 Å². The number of carboxylic acids is 1. The summed E-state index contributed by atoms with van der Waals surface area (Å²) >= 11 is 0. The zero-order valence-electron chi connectivity index (χ0n) is 10.5. The quantitative estimate of drug-likeness (QED) is 0.637. The van der Waals surface area contributed by atoms with Crippen molar-refractivity contribution in [1.82, 2.24) is 9.97 Å². The van der Waals surface area contributed by atoms with Crippen LogP contribution < -0.4 is 5.32 Å². The van der Waals surface area contributed by atoms with E-state index in [0.29, 0.717) is 11.8 Å². The number of nitro groups is 1. The van der Waals surface area contributed by atoms with Crippen LogP contribution in [0.15, 0.2) is 30.7 Å². The van der Waals surface area contributed by atoms with Crippen molar-refractivity contribution in [2.45, 2.75) is 6.54 Å². The van der Waals surface area contributed by atoms with Gasteiger partial charge in [-0.3, -0.25) is 10.1 Å². The highest BCUT2D eigenvalue weighted by Crippen LogP contribution is 2.26. The number of benzene rings is 1. The number of nitrogens with zero attached hydrogens (tertiary/aromatic N) is 3. The molecule has 0 saturated carbocycles. The summed E-state index contributed by atoms with van der Waals surface area (Å²) in [5, 5.41) is 22.3. The fraction of sp³-hybridized carbons (Fsp3) is 0.0833.